The average molecular weight is 251 g/mol. The van der Waals surface area contributed by atoms with Gasteiger partial charge < -0.3 is 14.2 Å². The molecule has 18 heavy (non-hydrogen) atoms. The highest BCUT2D eigenvalue weighted by Crippen LogP contribution is 2.13. The van der Waals surface area contributed by atoms with Crippen molar-refractivity contribution in [3.63, 3.8) is 0 Å². The van der Waals surface area contributed by atoms with Gasteiger partial charge >= 0.3 is 6.09 Å². The van der Waals surface area contributed by atoms with E-state index in [0.717, 1.165) is 5.56 Å². The minimum absolute atomic E-state index is 0.171. The van der Waals surface area contributed by atoms with Crippen molar-refractivity contribution >= 4 is 12.6 Å². The smallest absolute Gasteiger partial charge is 0.415 e. The van der Waals surface area contributed by atoms with Crippen molar-refractivity contribution in [2.75, 3.05) is 13.2 Å². The number of carbonyl (C=O) groups excluding carboxylic acids is 2. The van der Waals surface area contributed by atoms with E-state index in [-0.39, 0.29) is 13.1 Å². The van der Waals surface area contributed by atoms with E-state index in [0.29, 0.717) is 13.2 Å². The van der Waals surface area contributed by atoms with E-state index in [1.807, 2.05) is 30.3 Å². The molecule has 1 heterocycles. The Morgan fingerprint density at radius 3 is 2.94 bits per heavy atom. The molecular formula is C12H13NO5. The van der Waals surface area contributed by atoms with Gasteiger partial charge in [-0.05, 0) is 5.56 Å². The lowest BCUT2D eigenvalue weighted by Gasteiger charge is -2.20. The standard InChI is InChI=1S/C12H13NO5/c14-9-18-12-13(6-7-16-12)11(15)17-8-10-4-2-1-3-5-10/h1-5,9,12H,6-8H2/t12-/m0/s1. The monoisotopic (exact) mass is 251 g/mol. The van der Waals surface area contributed by atoms with E-state index in [1.54, 1.807) is 0 Å². The van der Waals surface area contributed by atoms with Crippen LogP contribution >= 0.6 is 0 Å². The van der Waals surface area contributed by atoms with Gasteiger partial charge in [0.25, 0.3) is 12.9 Å². The van der Waals surface area contributed by atoms with Crippen LogP contribution in [0.1, 0.15) is 5.56 Å². The molecule has 1 aliphatic heterocycles. The summed E-state index contributed by atoms with van der Waals surface area (Å²) in [4.78, 5) is 23.2. The molecule has 6 heteroatoms. The zero-order valence-corrected chi connectivity index (χ0v) is 9.65. The molecule has 1 fully saturated rings. The van der Waals surface area contributed by atoms with Crippen LogP contribution in [0.5, 0.6) is 0 Å². The first-order valence-electron chi connectivity index (χ1n) is 5.49. The molecule has 1 atom stereocenters. The van der Waals surface area contributed by atoms with Crippen molar-refractivity contribution in [3.05, 3.63) is 35.9 Å². The van der Waals surface area contributed by atoms with Crippen LogP contribution < -0.4 is 0 Å². The quantitative estimate of drug-likeness (QED) is 0.750. The van der Waals surface area contributed by atoms with Crippen molar-refractivity contribution in [2.24, 2.45) is 0 Å². The van der Waals surface area contributed by atoms with Gasteiger partial charge in [-0.25, -0.2) is 9.69 Å². The Bertz CT molecular complexity index is 408. The van der Waals surface area contributed by atoms with Crippen LogP contribution in [0.4, 0.5) is 4.79 Å². The van der Waals surface area contributed by atoms with Gasteiger partial charge in [0.1, 0.15) is 6.61 Å². The fourth-order valence-electron chi connectivity index (χ4n) is 1.59. The molecule has 96 valence electrons. The summed E-state index contributed by atoms with van der Waals surface area (Å²) in [5.74, 6) is 0. The summed E-state index contributed by atoms with van der Waals surface area (Å²) in [6.45, 7) is 1.07. The summed E-state index contributed by atoms with van der Waals surface area (Å²) >= 11 is 0. The number of rotatable bonds is 4. The zero-order chi connectivity index (χ0) is 12.8. The van der Waals surface area contributed by atoms with E-state index >= 15 is 0 Å². The molecule has 1 amide bonds. The maximum absolute atomic E-state index is 11.7. The van der Waals surface area contributed by atoms with Crippen LogP contribution in [0, 0.1) is 0 Å². The van der Waals surface area contributed by atoms with Crippen molar-refractivity contribution in [2.45, 2.75) is 13.0 Å². The highest BCUT2D eigenvalue weighted by molar-refractivity contribution is 5.68. The predicted molar refractivity (Wildman–Crippen MR) is 60.2 cm³/mol. The first kappa shape index (κ1) is 12.4. The molecule has 0 aliphatic carbocycles. The lowest BCUT2D eigenvalue weighted by molar-refractivity contribution is -0.174. The van der Waals surface area contributed by atoms with Crippen molar-refractivity contribution in [1.29, 1.82) is 0 Å². The molecule has 1 aromatic carbocycles. The number of nitrogens with zero attached hydrogens (tertiary/aromatic N) is 1. The number of benzene rings is 1. The molecular weight excluding hydrogens is 238 g/mol. The third-order valence-electron chi connectivity index (χ3n) is 2.46. The second-order valence-corrected chi connectivity index (χ2v) is 3.64. The molecule has 1 saturated heterocycles. The largest absolute Gasteiger partial charge is 0.444 e. The van der Waals surface area contributed by atoms with Crippen molar-refractivity contribution in [1.82, 2.24) is 4.90 Å². The Balaban J connectivity index is 1.86. The summed E-state index contributed by atoms with van der Waals surface area (Å²) in [7, 11) is 0. The fraction of sp³-hybridized carbons (Fsp3) is 0.333. The Labute approximate surface area is 104 Å². The number of amides is 1. The fourth-order valence-corrected chi connectivity index (χ4v) is 1.59. The van der Waals surface area contributed by atoms with Gasteiger partial charge in [-0.3, -0.25) is 4.79 Å². The molecule has 0 bridgehead atoms. The molecule has 0 aromatic heterocycles. The van der Waals surface area contributed by atoms with Gasteiger partial charge in [-0.1, -0.05) is 30.3 Å². The van der Waals surface area contributed by atoms with Crippen LogP contribution in [0.15, 0.2) is 30.3 Å². The van der Waals surface area contributed by atoms with Crippen LogP contribution in [0.3, 0.4) is 0 Å². The van der Waals surface area contributed by atoms with Crippen LogP contribution in [0.2, 0.25) is 0 Å². The predicted octanol–water partition coefficient (Wildman–Crippen LogP) is 1.11. The molecule has 0 unspecified atom stereocenters. The molecule has 0 spiro atoms. The van der Waals surface area contributed by atoms with Crippen molar-refractivity contribution in [3.8, 4) is 0 Å². The van der Waals surface area contributed by atoms with Crippen molar-refractivity contribution < 1.29 is 23.8 Å². The van der Waals surface area contributed by atoms with E-state index in [4.69, 9.17) is 9.47 Å². The zero-order valence-electron chi connectivity index (χ0n) is 9.65. The van der Waals surface area contributed by atoms with E-state index in [1.165, 1.54) is 4.90 Å². The Morgan fingerprint density at radius 1 is 1.44 bits per heavy atom. The highest BCUT2D eigenvalue weighted by atomic mass is 16.7. The summed E-state index contributed by atoms with van der Waals surface area (Å²) in [5, 5.41) is 0. The molecule has 0 radical (unpaired) electrons. The summed E-state index contributed by atoms with van der Waals surface area (Å²) < 4.78 is 14.8. The second-order valence-electron chi connectivity index (χ2n) is 3.64. The van der Waals surface area contributed by atoms with Crippen LogP contribution in [-0.4, -0.2) is 37.0 Å². The summed E-state index contributed by atoms with van der Waals surface area (Å²) in [6, 6.07) is 9.31. The highest BCUT2D eigenvalue weighted by Gasteiger charge is 2.32. The molecule has 0 saturated carbocycles. The SMILES string of the molecule is O=CO[C@@H]1OCCN1C(=O)OCc1ccccc1. The molecule has 2 rings (SSSR count). The Kier molecular flexibility index (Phi) is 4.14. The van der Waals surface area contributed by atoms with Gasteiger partial charge in [0, 0.05) is 0 Å². The average Bonchev–Trinajstić information content (AvgIpc) is 2.86. The summed E-state index contributed by atoms with van der Waals surface area (Å²) in [6.07, 6.45) is -1.55. The lowest BCUT2D eigenvalue weighted by atomic mass is 10.2. The third-order valence-corrected chi connectivity index (χ3v) is 2.46. The third kappa shape index (κ3) is 2.98. The minimum atomic E-state index is -0.981. The van der Waals surface area contributed by atoms with Gasteiger partial charge in [0.05, 0.1) is 13.2 Å². The normalized spacial score (nSPS) is 18.4. The topological polar surface area (TPSA) is 65.1 Å². The first-order valence-corrected chi connectivity index (χ1v) is 5.49. The van der Waals surface area contributed by atoms with Crippen LogP contribution in [-0.2, 0) is 25.6 Å². The van der Waals surface area contributed by atoms with Gasteiger partial charge in [0.2, 0.25) is 0 Å². The van der Waals surface area contributed by atoms with E-state index in [2.05, 4.69) is 4.74 Å². The molecule has 6 nitrogen and oxygen atoms in total. The molecule has 0 N–H and O–H groups in total. The first-order chi connectivity index (χ1) is 8.81. The van der Waals surface area contributed by atoms with Crippen LogP contribution in [0.25, 0.3) is 0 Å². The maximum Gasteiger partial charge on any atom is 0.415 e. The van der Waals surface area contributed by atoms with Gasteiger partial charge in [0.15, 0.2) is 0 Å². The minimum Gasteiger partial charge on any atom is -0.444 e. The Hall–Kier alpha value is -2.08. The molecule has 1 aromatic rings. The second kappa shape index (κ2) is 6.02. The summed E-state index contributed by atoms with van der Waals surface area (Å²) in [5.41, 5.74) is 0.888. The maximum atomic E-state index is 11.7. The van der Waals surface area contributed by atoms with E-state index in [9.17, 15) is 9.59 Å². The van der Waals surface area contributed by atoms with Gasteiger partial charge in [-0.2, -0.15) is 0 Å². The van der Waals surface area contributed by atoms with Gasteiger partial charge in [-0.15, -0.1) is 0 Å². The Morgan fingerprint density at radius 2 is 2.22 bits per heavy atom. The number of hydrogen-bond acceptors (Lipinski definition) is 5. The number of hydrogen-bond donors (Lipinski definition) is 0. The molecule has 1 aliphatic rings. The lowest BCUT2D eigenvalue weighted by Crippen LogP contribution is -2.38. The number of ether oxygens (including phenoxy) is 3. The van der Waals surface area contributed by atoms with E-state index < -0.39 is 12.5 Å². The number of carbonyl (C=O) groups is 2.